The summed E-state index contributed by atoms with van der Waals surface area (Å²) < 4.78 is 5.72. The van der Waals surface area contributed by atoms with Crippen LogP contribution in [0.4, 0.5) is 4.79 Å². The van der Waals surface area contributed by atoms with Crippen LogP contribution in [-0.4, -0.2) is 52.8 Å². The van der Waals surface area contributed by atoms with E-state index in [0.29, 0.717) is 13.1 Å². The van der Waals surface area contributed by atoms with Gasteiger partial charge in [0.1, 0.15) is 6.04 Å². The summed E-state index contributed by atoms with van der Waals surface area (Å²) in [4.78, 5) is 24.9. The number of rotatable bonds is 3. The third-order valence-electron chi connectivity index (χ3n) is 3.07. The Bertz CT molecular complexity index is 355. The van der Waals surface area contributed by atoms with Gasteiger partial charge in [0.15, 0.2) is 0 Å². The molecule has 1 aliphatic heterocycles. The molecule has 0 aromatic carbocycles. The van der Waals surface area contributed by atoms with Crippen LogP contribution >= 0.6 is 0 Å². The second-order valence-electron chi connectivity index (χ2n) is 6.08. The van der Waals surface area contributed by atoms with Gasteiger partial charge in [-0.2, -0.15) is 0 Å². The molecule has 0 aromatic rings. The Kier molecular flexibility index (Phi) is 4.79. The van der Waals surface area contributed by atoms with Gasteiger partial charge in [0.2, 0.25) is 0 Å². The first-order valence-electron chi connectivity index (χ1n) is 6.58. The predicted molar refractivity (Wildman–Crippen MR) is 71.0 cm³/mol. The number of amides is 2. The topological polar surface area (TPSA) is 78.9 Å². The van der Waals surface area contributed by atoms with Crippen molar-refractivity contribution in [2.45, 2.75) is 52.4 Å². The molecular weight excluding hydrogens is 248 g/mol. The fourth-order valence-electron chi connectivity index (χ4n) is 2.35. The number of carboxylic acids is 1. The van der Waals surface area contributed by atoms with E-state index in [-0.39, 0.29) is 18.1 Å². The number of morpholine rings is 1. The first-order chi connectivity index (χ1) is 8.62. The van der Waals surface area contributed by atoms with Gasteiger partial charge in [-0.15, -0.1) is 0 Å². The number of nitrogens with one attached hydrogen (secondary N) is 1. The molecule has 1 saturated heterocycles. The number of aliphatic carboxylic acids is 1. The number of carbonyl (C=O) groups is 2. The molecule has 2 atom stereocenters. The van der Waals surface area contributed by atoms with Gasteiger partial charge in [-0.3, -0.25) is 0 Å². The minimum Gasteiger partial charge on any atom is -0.480 e. The number of carboxylic acid groups (broad SMARTS) is 1. The molecule has 0 spiro atoms. The van der Waals surface area contributed by atoms with Gasteiger partial charge in [0.25, 0.3) is 0 Å². The Hall–Kier alpha value is -1.30. The maximum absolute atomic E-state index is 12.1. The Morgan fingerprint density at radius 3 is 2.42 bits per heavy atom. The van der Waals surface area contributed by atoms with Gasteiger partial charge in [-0.25, -0.2) is 9.59 Å². The van der Waals surface area contributed by atoms with Crippen molar-refractivity contribution in [2.24, 2.45) is 5.92 Å². The molecule has 19 heavy (non-hydrogen) atoms. The van der Waals surface area contributed by atoms with Crippen molar-refractivity contribution in [3.05, 3.63) is 0 Å². The van der Waals surface area contributed by atoms with Gasteiger partial charge in [-0.05, 0) is 26.7 Å². The molecule has 2 N–H and O–H groups in total. The lowest BCUT2D eigenvalue weighted by Gasteiger charge is -2.42. The van der Waals surface area contributed by atoms with Crippen LogP contribution in [-0.2, 0) is 9.53 Å². The van der Waals surface area contributed by atoms with E-state index in [1.54, 1.807) is 18.7 Å². The van der Waals surface area contributed by atoms with Crippen LogP contribution in [0.5, 0.6) is 0 Å². The monoisotopic (exact) mass is 272 g/mol. The molecule has 1 fully saturated rings. The lowest BCUT2D eigenvalue weighted by atomic mass is 10.0. The van der Waals surface area contributed by atoms with E-state index in [1.165, 1.54) is 0 Å². The lowest BCUT2D eigenvalue weighted by molar-refractivity contribution is -0.140. The van der Waals surface area contributed by atoms with E-state index < -0.39 is 17.6 Å². The standard InChI is InChI=1S/C13H24N2O4/c1-8(2)10(11(16)17)14-12(18)15-6-9(3)19-13(4,5)7-15/h8-10H,6-7H2,1-5H3,(H,14,18)(H,16,17)/t9?,10-/m0/s1. The van der Waals surface area contributed by atoms with Crippen LogP contribution in [0.25, 0.3) is 0 Å². The second kappa shape index (κ2) is 5.77. The van der Waals surface area contributed by atoms with Crippen LogP contribution in [0.2, 0.25) is 0 Å². The summed E-state index contributed by atoms with van der Waals surface area (Å²) in [6, 6.07) is -1.21. The molecule has 0 bridgehead atoms. The Morgan fingerprint density at radius 1 is 1.42 bits per heavy atom. The van der Waals surface area contributed by atoms with Crippen LogP contribution < -0.4 is 5.32 Å². The van der Waals surface area contributed by atoms with Crippen molar-refractivity contribution in [3.8, 4) is 0 Å². The highest BCUT2D eigenvalue weighted by molar-refractivity contribution is 5.82. The molecule has 0 aromatic heterocycles. The molecule has 110 valence electrons. The zero-order valence-corrected chi connectivity index (χ0v) is 12.3. The number of carbonyl (C=O) groups excluding carboxylic acids is 1. The van der Waals surface area contributed by atoms with Crippen molar-refractivity contribution in [1.82, 2.24) is 10.2 Å². The average molecular weight is 272 g/mol. The number of nitrogens with zero attached hydrogens (tertiary/aromatic N) is 1. The number of hydrogen-bond donors (Lipinski definition) is 2. The Labute approximate surface area is 114 Å². The van der Waals surface area contributed by atoms with E-state index in [9.17, 15) is 9.59 Å². The van der Waals surface area contributed by atoms with Gasteiger partial charge < -0.3 is 20.1 Å². The molecule has 1 heterocycles. The molecule has 1 unspecified atom stereocenters. The van der Waals surface area contributed by atoms with Gasteiger partial charge in [0, 0.05) is 6.54 Å². The minimum atomic E-state index is -1.01. The van der Waals surface area contributed by atoms with E-state index in [4.69, 9.17) is 9.84 Å². The van der Waals surface area contributed by atoms with E-state index in [2.05, 4.69) is 5.32 Å². The fraction of sp³-hybridized carbons (Fsp3) is 0.846. The van der Waals surface area contributed by atoms with Crippen LogP contribution in [0.15, 0.2) is 0 Å². The summed E-state index contributed by atoms with van der Waals surface area (Å²) in [5.41, 5.74) is -0.411. The molecule has 0 radical (unpaired) electrons. The van der Waals surface area contributed by atoms with Gasteiger partial charge >= 0.3 is 12.0 Å². The largest absolute Gasteiger partial charge is 0.480 e. The second-order valence-corrected chi connectivity index (χ2v) is 6.08. The minimum absolute atomic E-state index is 0.0585. The predicted octanol–water partition coefficient (Wildman–Crippen LogP) is 1.30. The fourth-order valence-corrected chi connectivity index (χ4v) is 2.35. The maximum atomic E-state index is 12.1. The van der Waals surface area contributed by atoms with Crippen LogP contribution in [0.1, 0.15) is 34.6 Å². The highest BCUT2D eigenvalue weighted by Crippen LogP contribution is 2.20. The van der Waals surface area contributed by atoms with Crippen molar-refractivity contribution >= 4 is 12.0 Å². The summed E-state index contributed by atoms with van der Waals surface area (Å²) in [6.45, 7) is 10.2. The third kappa shape index (κ3) is 4.38. The molecule has 0 aliphatic carbocycles. The summed E-state index contributed by atoms with van der Waals surface area (Å²) in [7, 11) is 0. The normalized spacial score (nSPS) is 24.1. The maximum Gasteiger partial charge on any atom is 0.326 e. The first-order valence-corrected chi connectivity index (χ1v) is 6.58. The zero-order chi connectivity index (χ0) is 14.8. The molecule has 6 nitrogen and oxygen atoms in total. The first kappa shape index (κ1) is 15.8. The van der Waals surface area contributed by atoms with E-state index in [1.807, 2.05) is 20.8 Å². The Morgan fingerprint density at radius 2 is 2.00 bits per heavy atom. The highest BCUT2D eigenvalue weighted by atomic mass is 16.5. The van der Waals surface area contributed by atoms with Gasteiger partial charge in [-0.1, -0.05) is 13.8 Å². The van der Waals surface area contributed by atoms with Crippen molar-refractivity contribution in [3.63, 3.8) is 0 Å². The number of hydrogen-bond acceptors (Lipinski definition) is 3. The summed E-state index contributed by atoms with van der Waals surface area (Å²) in [6.07, 6.45) is -0.0585. The van der Waals surface area contributed by atoms with E-state index >= 15 is 0 Å². The molecular formula is C13H24N2O4. The number of urea groups is 1. The number of ether oxygens (including phenoxy) is 1. The quantitative estimate of drug-likeness (QED) is 0.811. The molecule has 6 heteroatoms. The summed E-state index contributed by atoms with van der Waals surface area (Å²) >= 11 is 0. The third-order valence-corrected chi connectivity index (χ3v) is 3.07. The molecule has 1 rings (SSSR count). The summed E-state index contributed by atoms with van der Waals surface area (Å²) in [5.74, 6) is -1.17. The highest BCUT2D eigenvalue weighted by Gasteiger charge is 2.35. The SMILES string of the molecule is CC1CN(C(=O)N[C@H](C(=O)O)C(C)C)CC(C)(C)O1. The van der Waals surface area contributed by atoms with Crippen molar-refractivity contribution < 1.29 is 19.4 Å². The lowest BCUT2D eigenvalue weighted by Crippen LogP contribution is -2.58. The van der Waals surface area contributed by atoms with Gasteiger partial charge in [0.05, 0.1) is 18.2 Å². The smallest absolute Gasteiger partial charge is 0.326 e. The summed E-state index contributed by atoms with van der Waals surface area (Å²) in [5, 5.41) is 11.7. The molecule has 2 amide bonds. The van der Waals surface area contributed by atoms with Crippen LogP contribution in [0.3, 0.4) is 0 Å². The molecule has 0 saturated carbocycles. The molecule has 1 aliphatic rings. The van der Waals surface area contributed by atoms with Crippen molar-refractivity contribution in [2.75, 3.05) is 13.1 Å². The van der Waals surface area contributed by atoms with E-state index in [0.717, 1.165) is 0 Å². The zero-order valence-electron chi connectivity index (χ0n) is 12.3. The van der Waals surface area contributed by atoms with Crippen LogP contribution in [0, 0.1) is 5.92 Å². The van der Waals surface area contributed by atoms with Crippen molar-refractivity contribution in [1.29, 1.82) is 0 Å². The average Bonchev–Trinajstić information content (AvgIpc) is 2.21. The Balaban J connectivity index is 2.69.